The molecule has 90 valence electrons. The molecule has 5 nitrogen and oxygen atoms in total. The van der Waals surface area contributed by atoms with Gasteiger partial charge in [-0.05, 0) is 6.42 Å². The first-order chi connectivity index (χ1) is 7.07. The lowest BCUT2D eigenvalue weighted by Crippen LogP contribution is -2.69. The summed E-state index contributed by atoms with van der Waals surface area (Å²) in [6, 6.07) is 0. The molecule has 5 heteroatoms. The van der Waals surface area contributed by atoms with Crippen LogP contribution in [-0.2, 0) is 0 Å². The van der Waals surface area contributed by atoms with Crippen LogP contribution in [0.2, 0.25) is 0 Å². The predicted octanol–water partition coefficient (Wildman–Crippen LogP) is -1.41. The Labute approximate surface area is 89.7 Å². The first-order valence-corrected chi connectivity index (χ1v) is 5.47. The van der Waals surface area contributed by atoms with Crippen LogP contribution >= 0.6 is 0 Å². The molecule has 1 saturated heterocycles. The first-order valence-electron chi connectivity index (χ1n) is 5.47. The second-order valence-corrected chi connectivity index (χ2v) is 4.30. The third kappa shape index (κ3) is 2.49. The number of aliphatic hydroxyl groups is 4. The molecular weight excluding hydrogens is 198 g/mol. The maximum atomic E-state index is 9.85. The number of aliphatic hydroxyl groups excluding tert-OH is 4. The molecule has 1 fully saturated rings. The Bertz CT molecular complexity index is 198. The van der Waals surface area contributed by atoms with Gasteiger partial charge in [0, 0.05) is 6.54 Å². The van der Waals surface area contributed by atoms with Crippen LogP contribution in [0.4, 0.5) is 0 Å². The van der Waals surface area contributed by atoms with E-state index in [4.69, 9.17) is 0 Å². The van der Waals surface area contributed by atoms with E-state index in [1.54, 1.807) is 0 Å². The molecule has 4 atom stereocenters. The lowest BCUT2D eigenvalue weighted by Gasteiger charge is -2.45. The third-order valence-corrected chi connectivity index (χ3v) is 3.21. The molecule has 0 aromatic heterocycles. The van der Waals surface area contributed by atoms with Crippen LogP contribution in [0.5, 0.6) is 0 Å². The van der Waals surface area contributed by atoms with Gasteiger partial charge < -0.3 is 25.7 Å². The van der Waals surface area contributed by atoms with Crippen molar-refractivity contribution in [2.45, 2.75) is 50.0 Å². The Balaban J connectivity index is 2.71. The fraction of sp³-hybridized carbons (Fsp3) is 1.00. The summed E-state index contributed by atoms with van der Waals surface area (Å²) in [6.45, 7) is 1.98. The summed E-state index contributed by atoms with van der Waals surface area (Å²) in [6.07, 6.45) is -0.887. The van der Waals surface area contributed by atoms with E-state index < -0.39 is 23.9 Å². The molecule has 5 N–H and O–H groups in total. The van der Waals surface area contributed by atoms with Gasteiger partial charge in [0.05, 0.1) is 18.2 Å². The fourth-order valence-corrected chi connectivity index (χ4v) is 2.03. The number of β-amino-alcohol motifs (C(OH)–C–C–N with tert-alkyl or cyclic N) is 1. The van der Waals surface area contributed by atoms with Crippen molar-refractivity contribution in [1.29, 1.82) is 0 Å². The Morgan fingerprint density at radius 2 is 2.00 bits per heavy atom. The van der Waals surface area contributed by atoms with Crippen molar-refractivity contribution in [1.82, 2.24) is 5.32 Å². The average Bonchev–Trinajstić information content (AvgIpc) is 2.26. The van der Waals surface area contributed by atoms with Crippen LogP contribution in [-0.4, -0.2) is 57.4 Å². The Hall–Kier alpha value is -0.200. The van der Waals surface area contributed by atoms with Crippen LogP contribution in [0.15, 0.2) is 0 Å². The summed E-state index contributed by atoms with van der Waals surface area (Å²) in [5.74, 6) is 0. The maximum absolute atomic E-state index is 9.85. The minimum Gasteiger partial charge on any atom is -0.394 e. The molecule has 1 aliphatic rings. The fourth-order valence-electron chi connectivity index (χ4n) is 2.03. The minimum absolute atomic E-state index is 0.197. The molecule has 1 heterocycles. The summed E-state index contributed by atoms with van der Waals surface area (Å²) in [5.41, 5.74) is -0.866. The summed E-state index contributed by atoms with van der Waals surface area (Å²) < 4.78 is 0. The summed E-state index contributed by atoms with van der Waals surface area (Å²) in [5, 5.41) is 41.0. The zero-order chi connectivity index (χ0) is 11.5. The molecular formula is C10H21NO4. The lowest BCUT2D eigenvalue weighted by molar-refractivity contribution is -0.135. The molecule has 15 heavy (non-hydrogen) atoms. The van der Waals surface area contributed by atoms with Crippen molar-refractivity contribution in [3.8, 4) is 0 Å². The van der Waals surface area contributed by atoms with Gasteiger partial charge in [0.15, 0.2) is 0 Å². The van der Waals surface area contributed by atoms with Crippen LogP contribution in [0.1, 0.15) is 26.2 Å². The number of hydrogen-bond donors (Lipinski definition) is 5. The van der Waals surface area contributed by atoms with Gasteiger partial charge in [0.2, 0.25) is 0 Å². The quantitative estimate of drug-likeness (QED) is 0.401. The van der Waals surface area contributed by atoms with E-state index in [0.29, 0.717) is 6.42 Å². The molecule has 0 aliphatic carbocycles. The molecule has 0 spiro atoms. The lowest BCUT2D eigenvalue weighted by atomic mass is 9.80. The topological polar surface area (TPSA) is 93.0 Å². The van der Waals surface area contributed by atoms with Crippen LogP contribution in [0, 0.1) is 0 Å². The zero-order valence-corrected chi connectivity index (χ0v) is 9.06. The van der Waals surface area contributed by atoms with Crippen molar-refractivity contribution >= 4 is 0 Å². The highest BCUT2D eigenvalue weighted by molar-refractivity contribution is 5.03. The Kier molecular flexibility index (Phi) is 4.48. The minimum atomic E-state index is -1.18. The van der Waals surface area contributed by atoms with Gasteiger partial charge in [0.1, 0.15) is 12.2 Å². The van der Waals surface area contributed by atoms with E-state index in [0.717, 1.165) is 12.8 Å². The van der Waals surface area contributed by atoms with Crippen LogP contribution in [0.3, 0.4) is 0 Å². The predicted molar refractivity (Wildman–Crippen MR) is 55.4 cm³/mol. The normalized spacial score (nSPS) is 41.8. The highest BCUT2D eigenvalue weighted by atomic mass is 16.4. The highest BCUT2D eigenvalue weighted by Crippen LogP contribution is 2.25. The zero-order valence-electron chi connectivity index (χ0n) is 9.06. The molecule has 0 amide bonds. The second kappa shape index (κ2) is 5.23. The third-order valence-electron chi connectivity index (χ3n) is 3.21. The number of hydrogen-bond acceptors (Lipinski definition) is 5. The van der Waals surface area contributed by atoms with E-state index >= 15 is 0 Å². The molecule has 0 aromatic rings. The monoisotopic (exact) mass is 219 g/mol. The van der Waals surface area contributed by atoms with E-state index in [2.05, 4.69) is 5.32 Å². The van der Waals surface area contributed by atoms with Gasteiger partial charge in [-0.25, -0.2) is 0 Å². The highest BCUT2D eigenvalue weighted by Gasteiger charge is 2.46. The van der Waals surface area contributed by atoms with Gasteiger partial charge in [-0.2, -0.15) is 0 Å². The summed E-state index contributed by atoms with van der Waals surface area (Å²) in [4.78, 5) is 0. The van der Waals surface area contributed by atoms with Crippen molar-refractivity contribution in [2.24, 2.45) is 0 Å². The molecule has 0 bridgehead atoms. The Morgan fingerprint density at radius 1 is 1.33 bits per heavy atom. The number of rotatable bonds is 4. The van der Waals surface area contributed by atoms with Crippen molar-refractivity contribution in [2.75, 3.05) is 13.2 Å². The number of nitrogens with one attached hydrogen (secondary N) is 1. The molecule has 0 radical (unpaired) electrons. The molecule has 1 rings (SSSR count). The van der Waals surface area contributed by atoms with Gasteiger partial charge in [0.25, 0.3) is 0 Å². The molecule has 0 aromatic carbocycles. The first kappa shape index (κ1) is 12.9. The van der Waals surface area contributed by atoms with Crippen molar-refractivity contribution in [3.63, 3.8) is 0 Å². The summed E-state index contributed by atoms with van der Waals surface area (Å²) >= 11 is 0. The second-order valence-electron chi connectivity index (χ2n) is 4.30. The van der Waals surface area contributed by atoms with Gasteiger partial charge in [-0.15, -0.1) is 0 Å². The van der Waals surface area contributed by atoms with Gasteiger partial charge in [-0.1, -0.05) is 19.8 Å². The van der Waals surface area contributed by atoms with E-state index in [9.17, 15) is 20.4 Å². The SMILES string of the molecule is CCCC[C@@]1(CO)NC[C@H](O)[C@@H](O)[C@@H]1O. The van der Waals surface area contributed by atoms with Crippen LogP contribution < -0.4 is 5.32 Å². The van der Waals surface area contributed by atoms with E-state index in [-0.39, 0.29) is 13.2 Å². The largest absolute Gasteiger partial charge is 0.394 e. The molecule has 0 unspecified atom stereocenters. The molecule has 1 aliphatic heterocycles. The maximum Gasteiger partial charge on any atom is 0.109 e. The van der Waals surface area contributed by atoms with Gasteiger partial charge in [-0.3, -0.25) is 0 Å². The number of unbranched alkanes of at least 4 members (excludes halogenated alkanes) is 1. The summed E-state index contributed by atoms with van der Waals surface area (Å²) in [7, 11) is 0. The number of piperidine rings is 1. The van der Waals surface area contributed by atoms with Crippen LogP contribution in [0.25, 0.3) is 0 Å². The standard InChI is InChI=1S/C10H21NO4/c1-2-3-4-10(6-12)9(15)8(14)7(13)5-11-10/h7-9,11-15H,2-6H2,1H3/t7-,8+,9-,10-/m0/s1. The van der Waals surface area contributed by atoms with Crippen molar-refractivity contribution in [3.05, 3.63) is 0 Å². The smallest absolute Gasteiger partial charge is 0.109 e. The van der Waals surface area contributed by atoms with E-state index in [1.807, 2.05) is 6.92 Å². The van der Waals surface area contributed by atoms with Gasteiger partial charge >= 0.3 is 0 Å². The Morgan fingerprint density at radius 3 is 2.53 bits per heavy atom. The molecule has 0 saturated carbocycles. The van der Waals surface area contributed by atoms with Crippen molar-refractivity contribution < 1.29 is 20.4 Å². The van der Waals surface area contributed by atoms with E-state index in [1.165, 1.54) is 0 Å². The average molecular weight is 219 g/mol.